The lowest BCUT2D eigenvalue weighted by molar-refractivity contribution is -0.151. The number of halogens is 1. The molecule has 0 fully saturated rings. The van der Waals surface area contributed by atoms with Crippen LogP contribution >= 0.6 is 15.9 Å². The van der Waals surface area contributed by atoms with Gasteiger partial charge in [-0.3, -0.25) is 4.79 Å². The van der Waals surface area contributed by atoms with Crippen LogP contribution in [0.25, 0.3) is 0 Å². The molecule has 3 aromatic carbocycles. The third-order valence-corrected chi connectivity index (χ3v) is 10.9. The number of carboxylic acid groups (broad SMARTS) is 1. The van der Waals surface area contributed by atoms with Gasteiger partial charge in [0.15, 0.2) is 5.78 Å². The van der Waals surface area contributed by atoms with Crippen molar-refractivity contribution in [2.45, 2.75) is 81.3 Å². The van der Waals surface area contributed by atoms with Crippen molar-refractivity contribution >= 4 is 45.6 Å². The van der Waals surface area contributed by atoms with E-state index in [1.54, 1.807) is 41.5 Å². The summed E-state index contributed by atoms with van der Waals surface area (Å²) in [5.74, 6) is -5.02. The molecule has 12 nitrogen and oxygen atoms in total. The van der Waals surface area contributed by atoms with Crippen LogP contribution in [0.15, 0.2) is 34.0 Å². The second-order valence-electron chi connectivity index (χ2n) is 13.0. The Morgan fingerprint density at radius 2 is 1.28 bits per heavy atom. The van der Waals surface area contributed by atoms with Crippen LogP contribution in [0.2, 0.25) is 0 Å². The fourth-order valence-corrected chi connectivity index (χ4v) is 7.14. The molecule has 0 saturated carbocycles. The van der Waals surface area contributed by atoms with E-state index in [0.29, 0.717) is 45.4 Å². The number of phenolic OH excluding ortho intramolecular Hbond substituents is 1. The number of aryl methyl sites for hydroxylation is 1. The number of ketones is 1. The van der Waals surface area contributed by atoms with E-state index in [9.17, 15) is 39.3 Å². The third-order valence-electron chi connectivity index (χ3n) is 9.89. The summed E-state index contributed by atoms with van der Waals surface area (Å²) in [6.45, 7) is 16.2. The molecule has 0 unspecified atom stereocenters. The Bertz CT molecular complexity index is 2150. The molecular weight excluding hydrogens is 752 g/mol. The SMILES string of the molecule is CCc1c(OC(=O)c2c(O)c(C)c(OC(=O)[C@@]3(O)C(C)=CC(=O)C=C3OC)c(C)c2Br)cc(C)c(C(=O)Oc2c(C)c(C)c(C(=O)O)c(C)c2C)c1C. The number of aromatic hydroxyl groups is 1. The van der Waals surface area contributed by atoms with Gasteiger partial charge >= 0.3 is 23.9 Å². The number of ether oxygens (including phenoxy) is 4. The van der Waals surface area contributed by atoms with Crippen LogP contribution in [-0.2, 0) is 20.7 Å². The van der Waals surface area contributed by atoms with E-state index in [-0.39, 0.29) is 60.9 Å². The number of aromatic carboxylic acids is 1. The van der Waals surface area contributed by atoms with Gasteiger partial charge in [-0.15, -0.1) is 0 Å². The van der Waals surface area contributed by atoms with Crippen molar-refractivity contribution in [2.75, 3.05) is 7.11 Å². The van der Waals surface area contributed by atoms with Crippen LogP contribution in [0.3, 0.4) is 0 Å². The first-order chi connectivity index (χ1) is 24.6. The first-order valence-electron chi connectivity index (χ1n) is 16.5. The minimum atomic E-state index is -2.42. The largest absolute Gasteiger partial charge is 0.507 e. The number of carbonyl (C=O) groups is 5. The highest BCUT2D eigenvalue weighted by molar-refractivity contribution is 9.10. The van der Waals surface area contributed by atoms with Gasteiger partial charge in [-0.05, 0) is 141 Å². The molecule has 0 spiro atoms. The molecular formula is C40H41BrO12. The van der Waals surface area contributed by atoms with Crippen LogP contribution in [0.4, 0.5) is 0 Å². The Morgan fingerprint density at radius 3 is 1.81 bits per heavy atom. The number of allylic oxidation sites excluding steroid dienone is 2. The molecule has 4 rings (SSSR count). The number of carbonyl (C=O) groups excluding carboxylic acids is 4. The first-order valence-corrected chi connectivity index (χ1v) is 17.3. The third kappa shape index (κ3) is 6.86. The number of benzene rings is 3. The molecule has 0 aromatic heterocycles. The zero-order valence-corrected chi connectivity index (χ0v) is 32.9. The topological polar surface area (TPSA) is 183 Å². The number of hydrogen-bond acceptors (Lipinski definition) is 11. The predicted octanol–water partition coefficient (Wildman–Crippen LogP) is 7.02. The molecule has 0 radical (unpaired) electrons. The fraction of sp³-hybridized carbons (Fsp3) is 0.325. The monoisotopic (exact) mass is 792 g/mol. The van der Waals surface area contributed by atoms with E-state index in [4.69, 9.17) is 18.9 Å². The van der Waals surface area contributed by atoms with Crippen LogP contribution in [0, 0.1) is 55.4 Å². The number of hydrogen-bond donors (Lipinski definition) is 3. The number of rotatable bonds is 9. The van der Waals surface area contributed by atoms with Gasteiger partial charge in [-0.2, -0.15) is 0 Å². The van der Waals surface area contributed by atoms with Crippen molar-refractivity contribution in [1.82, 2.24) is 0 Å². The first kappa shape index (κ1) is 40.5. The van der Waals surface area contributed by atoms with Gasteiger partial charge in [-0.25, -0.2) is 19.2 Å². The van der Waals surface area contributed by atoms with E-state index in [0.717, 1.165) is 12.2 Å². The van der Waals surface area contributed by atoms with Crippen LogP contribution < -0.4 is 14.2 Å². The molecule has 1 atom stereocenters. The number of carboxylic acids is 1. The van der Waals surface area contributed by atoms with E-state index in [1.165, 1.54) is 33.9 Å². The lowest BCUT2D eigenvalue weighted by atomic mass is 9.87. The van der Waals surface area contributed by atoms with Crippen molar-refractivity contribution < 1.29 is 58.2 Å². The molecule has 3 N–H and O–H groups in total. The Hall–Kier alpha value is -5.27. The Labute approximate surface area is 315 Å². The second kappa shape index (κ2) is 15.0. The molecule has 0 saturated heterocycles. The van der Waals surface area contributed by atoms with Gasteiger partial charge in [0.1, 0.15) is 34.3 Å². The molecule has 3 aromatic rings. The Morgan fingerprint density at radius 1 is 0.736 bits per heavy atom. The maximum atomic E-state index is 13.8. The molecule has 0 amide bonds. The molecule has 1 aliphatic carbocycles. The van der Waals surface area contributed by atoms with E-state index >= 15 is 0 Å². The van der Waals surface area contributed by atoms with E-state index < -0.39 is 41.0 Å². The van der Waals surface area contributed by atoms with Gasteiger partial charge in [0.25, 0.3) is 0 Å². The quantitative estimate of drug-likeness (QED) is 0.149. The molecule has 280 valence electrons. The highest BCUT2D eigenvalue weighted by atomic mass is 79.9. The normalized spacial score (nSPS) is 15.4. The van der Waals surface area contributed by atoms with Gasteiger partial charge in [0, 0.05) is 21.7 Å². The van der Waals surface area contributed by atoms with E-state index in [1.807, 2.05) is 6.92 Å². The number of aliphatic hydroxyl groups is 1. The van der Waals surface area contributed by atoms with Crippen LogP contribution in [0.1, 0.15) is 95.0 Å². The Kier molecular flexibility index (Phi) is 11.5. The second-order valence-corrected chi connectivity index (χ2v) is 13.8. The highest BCUT2D eigenvalue weighted by Crippen LogP contribution is 2.43. The average Bonchev–Trinajstić information content (AvgIpc) is 3.08. The summed E-state index contributed by atoms with van der Waals surface area (Å²) in [5, 5.41) is 32.3. The van der Waals surface area contributed by atoms with Crippen molar-refractivity contribution in [2.24, 2.45) is 0 Å². The predicted molar refractivity (Wildman–Crippen MR) is 197 cm³/mol. The van der Waals surface area contributed by atoms with Crippen molar-refractivity contribution in [1.29, 1.82) is 0 Å². The van der Waals surface area contributed by atoms with Gasteiger partial charge in [0.05, 0.1) is 18.2 Å². The average molecular weight is 794 g/mol. The number of phenols is 1. The van der Waals surface area contributed by atoms with Crippen LogP contribution in [0.5, 0.6) is 23.0 Å². The minimum Gasteiger partial charge on any atom is -0.507 e. The standard InChI is InChI=1S/C40H41BrO12/c1-12-26-22(8)29(37(46)52-34-20(6)18(4)30(36(44)45)19(5)21(34)7)16(2)13-27(26)51-38(47)31-32(41)23(9)35(24(10)33(31)43)53-39(48)40(49)17(3)14-25(42)15-28(40)50-11/h13-15,43,49H,12H2,1-11H3,(H,44,45)/t40-/m1/s1. The molecule has 0 heterocycles. The smallest absolute Gasteiger partial charge is 0.356 e. The summed E-state index contributed by atoms with van der Waals surface area (Å²) in [7, 11) is 1.19. The van der Waals surface area contributed by atoms with Crippen molar-refractivity contribution in [3.8, 4) is 23.0 Å². The van der Waals surface area contributed by atoms with Gasteiger partial charge in [0.2, 0.25) is 5.60 Å². The summed E-state index contributed by atoms with van der Waals surface area (Å²) in [4.78, 5) is 64.7. The maximum absolute atomic E-state index is 13.8. The fourth-order valence-electron chi connectivity index (χ4n) is 6.61. The summed E-state index contributed by atoms with van der Waals surface area (Å²) in [5.41, 5.74) is 1.38. The maximum Gasteiger partial charge on any atom is 0.356 e. The van der Waals surface area contributed by atoms with Crippen LogP contribution in [-0.4, -0.2) is 57.7 Å². The molecule has 1 aliphatic rings. The van der Waals surface area contributed by atoms with E-state index in [2.05, 4.69) is 15.9 Å². The lowest BCUT2D eigenvalue weighted by Crippen LogP contribution is -2.47. The minimum absolute atomic E-state index is 0.0142. The number of methoxy groups -OCH3 is 1. The summed E-state index contributed by atoms with van der Waals surface area (Å²) >= 11 is 3.33. The van der Waals surface area contributed by atoms with Gasteiger partial charge < -0.3 is 34.3 Å². The molecule has 0 aliphatic heterocycles. The zero-order chi connectivity index (χ0) is 40.0. The van der Waals surface area contributed by atoms with Crippen molar-refractivity contribution in [3.63, 3.8) is 0 Å². The zero-order valence-electron chi connectivity index (χ0n) is 31.3. The summed E-state index contributed by atoms with van der Waals surface area (Å²) < 4.78 is 22.5. The highest BCUT2D eigenvalue weighted by Gasteiger charge is 2.48. The molecule has 53 heavy (non-hydrogen) atoms. The van der Waals surface area contributed by atoms with Gasteiger partial charge in [-0.1, -0.05) is 6.92 Å². The molecule has 0 bridgehead atoms. The number of esters is 3. The summed E-state index contributed by atoms with van der Waals surface area (Å²) in [6, 6.07) is 1.53. The molecule has 13 heteroatoms. The lowest BCUT2D eigenvalue weighted by Gasteiger charge is -2.30. The Balaban J connectivity index is 1.69. The van der Waals surface area contributed by atoms with Crippen molar-refractivity contribution in [3.05, 3.63) is 101 Å². The summed E-state index contributed by atoms with van der Waals surface area (Å²) in [6.07, 6.45) is 2.39.